The van der Waals surface area contributed by atoms with Crippen LogP contribution in [0.25, 0.3) is 0 Å². The van der Waals surface area contributed by atoms with Crippen molar-refractivity contribution in [3.05, 3.63) is 34.9 Å². The number of carboxylic acid groups (broad SMARTS) is 1. The highest BCUT2D eigenvalue weighted by Gasteiger charge is 2.50. The normalized spacial score (nSPS) is 19.6. The van der Waals surface area contributed by atoms with Gasteiger partial charge in [-0.05, 0) is 36.5 Å². The summed E-state index contributed by atoms with van der Waals surface area (Å²) in [6.45, 7) is 1.75. The molecule has 16 heavy (non-hydrogen) atoms. The van der Waals surface area contributed by atoms with Crippen molar-refractivity contribution in [3.8, 4) is 0 Å². The third-order valence-corrected chi connectivity index (χ3v) is 3.19. The van der Waals surface area contributed by atoms with Crippen LogP contribution in [0.5, 0.6) is 0 Å². The predicted molar refractivity (Wildman–Crippen MR) is 54.8 cm³/mol. The first-order valence-electron chi connectivity index (χ1n) is 5.14. The minimum Gasteiger partial charge on any atom is -0.477 e. The van der Waals surface area contributed by atoms with Gasteiger partial charge in [0, 0.05) is 0 Å². The van der Waals surface area contributed by atoms with Crippen LogP contribution in [0.4, 0.5) is 8.78 Å². The average Bonchev–Trinajstić information content (AvgIpc) is 2.63. The van der Waals surface area contributed by atoms with Crippen LogP contribution < -0.4 is 0 Å². The lowest BCUT2D eigenvalue weighted by Gasteiger charge is -2.21. The molecule has 2 nitrogen and oxygen atoms in total. The number of carboxylic acids is 1. The van der Waals surface area contributed by atoms with Gasteiger partial charge in [0.15, 0.2) is 0 Å². The quantitative estimate of drug-likeness (QED) is 0.841. The molecule has 0 bridgehead atoms. The number of alkyl halides is 2. The molecule has 0 fully saturated rings. The lowest BCUT2D eigenvalue weighted by molar-refractivity contribution is -0.168. The Morgan fingerprint density at radius 3 is 2.81 bits per heavy atom. The highest BCUT2D eigenvalue weighted by atomic mass is 19.3. The highest BCUT2D eigenvalue weighted by molar-refractivity contribution is 5.77. The number of hydrogen-bond acceptors (Lipinski definition) is 1. The molecule has 0 saturated carbocycles. The Bertz CT molecular complexity index is 441. The van der Waals surface area contributed by atoms with E-state index in [4.69, 9.17) is 5.11 Å². The number of aliphatic carboxylic acids is 1. The van der Waals surface area contributed by atoms with E-state index in [0.717, 1.165) is 11.1 Å². The molecule has 0 aromatic heterocycles. The smallest absolute Gasteiger partial charge is 0.375 e. The molecule has 1 atom stereocenters. The van der Waals surface area contributed by atoms with Crippen LogP contribution in [-0.4, -0.2) is 17.0 Å². The van der Waals surface area contributed by atoms with E-state index in [1.807, 2.05) is 6.07 Å². The minimum atomic E-state index is -3.67. The van der Waals surface area contributed by atoms with E-state index in [9.17, 15) is 13.6 Å². The first-order chi connectivity index (χ1) is 7.44. The molecule has 1 N–H and O–H groups in total. The maximum absolute atomic E-state index is 13.5. The van der Waals surface area contributed by atoms with Crippen molar-refractivity contribution in [2.75, 3.05) is 0 Å². The zero-order valence-electron chi connectivity index (χ0n) is 8.84. The molecule has 1 aliphatic rings. The van der Waals surface area contributed by atoms with Gasteiger partial charge in [0.05, 0.1) is 5.92 Å². The zero-order chi connectivity index (χ0) is 11.9. The van der Waals surface area contributed by atoms with Crippen LogP contribution in [0, 0.1) is 6.92 Å². The van der Waals surface area contributed by atoms with Gasteiger partial charge in [-0.15, -0.1) is 0 Å². The predicted octanol–water partition coefficient (Wildman–Crippen LogP) is 2.74. The van der Waals surface area contributed by atoms with E-state index >= 15 is 0 Å². The summed E-state index contributed by atoms with van der Waals surface area (Å²) in [6, 6.07) is 5.35. The van der Waals surface area contributed by atoms with Crippen molar-refractivity contribution in [1.29, 1.82) is 0 Å². The summed E-state index contributed by atoms with van der Waals surface area (Å²) in [5.74, 6) is -6.88. The molecule has 86 valence electrons. The van der Waals surface area contributed by atoms with Gasteiger partial charge < -0.3 is 5.11 Å². The van der Waals surface area contributed by atoms with Gasteiger partial charge in [0.1, 0.15) is 0 Å². The van der Waals surface area contributed by atoms with Crippen molar-refractivity contribution in [3.63, 3.8) is 0 Å². The highest BCUT2D eigenvalue weighted by Crippen LogP contribution is 2.44. The van der Waals surface area contributed by atoms with Crippen molar-refractivity contribution >= 4 is 5.97 Å². The summed E-state index contributed by atoms with van der Waals surface area (Å²) in [5, 5.41) is 8.57. The van der Waals surface area contributed by atoms with E-state index in [2.05, 4.69) is 0 Å². The summed E-state index contributed by atoms with van der Waals surface area (Å²) in [6.07, 6.45) is 0.740. The summed E-state index contributed by atoms with van der Waals surface area (Å²) >= 11 is 0. The SMILES string of the molecule is Cc1cccc2c1C(C(F)(F)C(=O)O)CC2. The van der Waals surface area contributed by atoms with Gasteiger partial charge in [-0.3, -0.25) is 0 Å². The number of aryl methyl sites for hydroxylation is 2. The first kappa shape index (κ1) is 11.0. The van der Waals surface area contributed by atoms with Gasteiger partial charge in [0.25, 0.3) is 0 Å². The standard InChI is InChI=1S/C12H12F2O2/c1-7-3-2-4-8-5-6-9(10(7)8)12(13,14)11(15)16/h2-4,9H,5-6H2,1H3,(H,15,16). The number of carbonyl (C=O) groups is 1. The number of hydrogen-bond donors (Lipinski definition) is 1. The Labute approximate surface area is 91.9 Å². The van der Waals surface area contributed by atoms with Crippen molar-refractivity contribution in [2.24, 2.45) is 0 Å². The summed E-state index contributed by atoms with van der Waals surface area (Å²) in [7, 11) is 0. The fourth-order valence-corrected chi connectivity index (χ4v) is 2.41. The molecule has 0 saturated heterocycles. The Balaban J connectivity index is 2.48. The molecule has 0 radical (unpaired) electrons. The molecule has 0 aliphatic heterocycles. The molecule has 2 rings (SSSR count). The van der Waals surface area contributed by atoms with Crippen molar-refractivity contribution in [2.45, 2.75) is 31.6 Å². The number of fused-ring (bicyclic) bond motifs is 1. The molecule has 0 spiro atoms. The molecule has 1 aromatic rings. The monoisotopic (exact) mass is 226 g/mol. The number of rotatable bonds is 2. The maximum Gasteiger partial charge on any atom is 0.375 e. The summed E-state index contributed by atoms with van der Waals surface area (Å²) in [5.41, 5.74) is 2.13. The molecule has 1 aromatic carbocycles. The van der Waals surface area contributed by atoms with Crippen LogP contribution in [0.1, 0.15) is 29.0 Å². The maximum atomic E-state index is 13.5. The largest absolute Gasteiger partial charge is 0.477 e. The molecular weight excluding hydrogens is 214 g/mol. The van der Waals surface area contributed by atoms with Gasteiger partial charge in [0.2, 0.25) is 0 Å². The van der Waals surface area contributed by atoms with Gasteiger partial charge >= 0.3 is 11.9 Å². The van der Waals surface area contributed by atoms with E-state index in [-0.39, 0.29) is 6.42 Å². The van der Waals surface area contributed by atoms with Gasteiger partial charge in [-0.1, -0.05) is 18.2 Å². The van der Waals surface area contributed by atoms with Crippen LogP contribution >= 0.6 is 0 Å². The van der Waals surface area contributed by atoms with Crippen LogP contribution in [0.15, 0.2) is 18.2 Å². The van der Waals surface area contributed by atoms with E-state index in [0.29, 0.717) is 12.0 Å². The van der Waals surface area contributed by atoms with Gasteiger partial charge in [-0.2, -0.15) is 8.78 Å². The number of halogens is 2. The summed E-state index contributed by atoms with van der Waals surface area (Å²) < 4.78 is 27.0. The third-order valence-electron chi connectivity index (χ3n) is 3.19. The fourth-order valence-electron chi connectivity index (χ4n) is 2.41. The van der Waals surface area contributed by atoms with Crippen molar-refractivity contribution < 1.29 is 18.7 Å². The Morgan fingerprint density at radius 1 is 1.50 bits per heavy atom. The molecular formula is C12H12F2O2. The van der Waals surface area contributed by atoms with E-state index < -0.39 is 17.8 Å². The van der Waals surface area contributed by atoms with Crippen LogP contribution in [-0.2, 0) is 11.2 Å². The van der Waals surface area contributed by atoms with Gasteiger partial charge in [-0.25, -0.2) is 4.79 Å². The van der Waals surface area contributed by atoms with Crippen molar-refractivity contribution in [1.82, 2.24) is 0 Å². The molecule has 0 heterocycles. The van der Waals surface area contributed by atoms with E-state index in [1.54, 1.807) is 19.1 Å². The van der Waals surface area contributed by atoms with Crippen LogP contribution in [0.2, 0.25) is 0 Å². The fraction of sp³-hybridized carbons (Fsp3) is 0.417. The Morgan fingerprint density at radius 2 is 2.19 bits per heavy atom. The topological polar surface area (TPSA) is 37.3 Å². The van der Waals surface area contributed by atoms with Crippen LogP contribution in [0.3, 0.4) is 0 Å². The second-order valence-electron chi connectivity index (χ2n) is 4.17. The Hall–Kier alpha value is -1.45. The molecule has 1 unspecified atom stereocenters. The van der Waals surface area contributed by atoms with E-state index in [1.165, 1.54) is 0 Å². The minimum absolute atomic E-state index is 0.208. The molecule has 1 aliphatic carbocycles. The summed E-state index contributed by atoms with van der Waals surface area (Å²) in [4.78, 5) is 10.6. The average molecular weight is 226 g/mol. The lowest BCUT2D eigenvalue weighted by Crippen LogP contribution is -2.34. The lowest BCUT2D eigenvalue weighted by atomic mass is 9.91. The number of benzene rings is 1. The first-order valence-corrected chi connectivity index (χ1v) is 5.14. The molecule has 0 amide bonds. The third kappa shape index (κ3) is 1.49. The molecule has 4 heteroatoms. The zero-order valence-corrected chi connectivity index (χ0v) is 8.84. The second kappa shape index (κ2) is 3.54. The second-order valence-corrected chi connectivity index (χ2v) is 4.17. The Kier molecular flexibility index (Phi) is 2.45.